The number of benzene rings is 1. The number of amides is 1. The molecule has 6 nitrogen and oxygen atoms in total. The molecule has 0 radical (unpaired) electrons. The number of carbonyl (C=O) groups is 2. The van der Waals surface area contributed by atoms with Crippen LogP contribution in [0.15, 0.2) is 36.5 Å². The first-order valence-electron chi connectivity index (χ1n) is 6.88. The van der Waals surface area contributed by atoms with Gasteiger partial charge in [-0.25, -0.2) is 13.9 Å². The summed E-state index contributed by atoms with van der Waals surface area (Å²) in [5, 5.41) is 15.9. The van der Waals surface area contributed by atoms with Crippen molar-refractivity contribution in [1.82, 2.24) is 15.1 Å². The molecule has 0 atom stereocenters. The fourth-order valence-corrected chi connectivity index (χ4v) is 2.39. The van der Waals surface area contributed by atoms with E-state index in [-0.39, 0.29) is 11.5 Å². The summed E-state index contributed by atoms with van der Waals surface area (Å²) in [6, 6.07) is 7.16. The molecule has 1 aliphatic carbocycles. The standard InChI is InChI=1S/C15H14FN3O3/c16-10-2-4-11(5-3-10)19-9-6-12(18-19)13(20)17-15(14(21)22)7-1-8-15/h2-6,9H,1,7-8H2,(H,17,20)(H,21,22). The van der Waals surface area contributed by atoms with Crippen LogP contribution >= 0.6 is 0 Å². The molecule has 0 spiro atoms. The fraction of sp³-hybridized carbons (Fsp3) is 0.267. The summed E-state index contributed by atoms with van der Waals surface area (Å²) < 4.78 is 14.3. The minimum Gasteiger partial charge on any atom is -0.480 e. The van der Waals surface area contributed by atoms with Gasteiger partial charge in [0.2, 0.25) is 0 Å². The van der Waals surface area contributed by atoms with Crippen LogP contribution in [0.25, 0.3) is 5.69 Å². The third kappa shape index (κ3) is 2.45. The van der Waals surface area contributed by atoms with Gasteiger partial charge in [-0.15, -0.1) is 0 Å². The minimum atomic E-state index is -1.17. The maximum atomic E-state index is 12.9. The zero-order valence-electron chi connectivity index (χ0n) is 11.6. The van der Waals surface area contributed by atoms with Crippen LogP contribution in [0, 0.1) is 5.82 Å². The van der Waals surface area contributed by atoms with Crippen molar-refractivity contribution in [2.45, 2.75) is 24.8 Å². The lowest BCUT2D eigenvalue weighted by Crippen LogP contribution is -2.59. The predicted octanol–water partition coefficient (Wildman–Crippen LogP) is 1.75. The molecule has 7 heteroatoms. The Morgan fingerprint density at radius 3 is 2.45 bits per heavy atom. The van der Waals surface area contributed by atoms with Crippen molar-refractivity contribution in [2.24, 2.45) is 0 Å². The fourth-order valence-electron chi connectivity index (χ4n) is 2.39. The van der Waals surface area contributed by atoms with E-state index < -0.39 is 17.4 Å². The molecule has 1 aromatic carbocycles. The van der Waals surface area contributed by atoms with Gasteiger partial charge in [-0.2, -0.15) is 5.10 Å². The van der Waals surface area contributed by atoms with E-state index in [1.54, 1.807) is 6.20 Å². The Labute approximate surface area is 125 Å². The summed E-state index contributed by atoms with van der Waals surface area (Å²) in [5.41, 5.74) is -0.439. The Morgan fingerprint density at radius 1 is 1.23 bits per heavy atom. The summed E-state index contributed by atoms with van der Waals surface area (Å²) in [6.07, 6.45) is 3.19. The smallest absolute Gasteiger partial charge is 0.329 e. The van der Waals surface area contributed by atoms with Crippen molar-refractivity contribution in [2.75, 3.05) is 0 Å². The second-order valence-electron chi connectivity index (χ2n) is 5.32. The van der Waals surface area contributed by atoms with E-state index in [1.165, 1.54) is 35.0 Å². The van der Waals surface area contributed by atoms with Gasteiger partial charge < -0.3 is 10.4 Å². The highest BCUT2D eigenvalue weighted by atomic mass is 19.1. The molecule has 1 aromatic heterocycles. The van der Waals surface area contributed by atoms with Crippen LogP contribution in [0.4, 0.5) is 4.39 Å². The average molecular weight is 303 g/mol. The molecule has 22 heavy (non-hydrogen) atoms. The van der Waals surface area contributed by atoms with E-state index in [4.69, 9.17) is 0 Å². The van der Waals surface area contributed by atoms with Crippen molar-refractivity contribution in [1.29, 1.82) is 0 Å². The number of hydrogen-bond acceptors (Lipinski definition) is 3. The summed E-state index contributed by atoms with van der Waals surface area (Å²) >= 11 is 0. The largest absolute Gasteiger partial charge is 0.480 e. The van der Waals surface area contributed by atoms with Gasteiger partial charge in [-0.05, 0) is 49.6 Å². The predicted molar refractivity (Wildman–Crippen MR) is 75.2 cm³/mol. The molecule has 2 N–H and O–H groups in total. The van der Waals surface area contributed by atoms with Crippen LogP contribution in [0.1, 0.15) is 29.8 Å². The van der Waals surface area contributed by atoms with Crippen LogP contribution in [-0.2, 0) is 4.79 Å². The Hall–Kier alpha value is -2.70. The lowest BCUT2D eigenvalue weighted by molar-refractivity contribution is -0.148. The summed E-state index contributed by atoms with van der Waals surface area (Å²) in [6.45, 7) is 0. The van der Waals surface area contributed by atoms with Gasteiger partial charge >= 0.3 is 5.97 Å². The highest BCUT2D eigenvalue weighted by Gasteiger charge is 2.46. The number of carbonyl (C=O) groups excluding carboxylic acids is 1. The highest BCUT2D eigenvalue weighted by molar-refractivity contribution is 5.96. The molecular weight excluding hydrogens is 289 g/mol. The number of nitrogens with zero attached hydrogens (tertiary/aromatic N) is 2. The highest BCUT2D eigenvalue weighted by Crippen LogP contribution is 2.32. The third-order valence-electron chi connectivity index (χ3n) is 3.88. The van der Waals surface area contributed by atoms with E-state index >= 15 is 0 Å². The van der Waals surface area contributed by atoms with Gasteiger partial charge in [0.1, 0.15) is 11.4 Å². The van der Waals surface area contributed by atoms with Crippen LogP contribution in [-0.4, -0.2) is 32.3 Å². The number of carboxylic acid groups (broad SMARTS) is 1. The molecule has 1 saturated carbocycles. The second kappa shape index (κ2) is 5.25. The van der Waals surface area contributed by atoms with Gasteiger partial charge in [-0.3, -0.25) is 4.79 Å². The quantitative estimate of drug-likeness (QED) is 0.901. The first-order valence-corrected chi connectivity index (χ1v) is 6.88. The van der Waals surface area contributed by atoms with E-state index in [9.17, 15) is 19.1 Å². The van der Waals surface area contributed by atoms with Crippen molar-refractivity contribution >= 4 is 11.9 Å². The van der Waals surface area contributed by atoms with Gasteiger partial charge in [0.15, 0.2) is 5.69 Å². The van der Waals surface area contributed by atoms with E-state index in [2.05, 4.69) is 10.4 Å². The zero-order chi connectivity index (χ0) is 15.7. The SMILES string of the molecule is O=C(NC1(C(=O)O)CCC1)c1ccn(-c2ccc(F)cc2)n1. The van der Waals surface area contributed by atoms with Crippen LogP contribution in [0.2, 0.25) is 0 Å². The molecule has 0 saturated heterocycles. The second-order valence-corrected chi connectivity index (χ2v) is 5.32. The topological polar surface area (TPSA) is 84.2 Å². The number of aromatic nitrogens is 2. The molecule has 1 fully saturated rings. The average Bonchev–Trinajstić information content (AvgIpc) is 2.93. The summed E-state index contributed by atoms with van der Waals surface area (Å²) in [7, 11) is 0. The zero-order valence-corrected chi connectivity index (χ0v) is 11.6. The van der Waals surface area contributed by atoms with Gasteiger partial charge in [0.25, 0.3) is 5.91 Å². The molecule has 1 heterocycles. The molecule has 0 bridgehead atoms. The molecule has 1 aliphatic rings. The van der Waals surface area contributed by atoms with Crippen LogP contribution < -0.4 is 5.32 Å². The van der Waals surface area contributed by atoms with Crippen molar-refractivity contribution in [3.63, 3.8) is 0 Å². The minimum absolute atomic E-state index is 0.122. The molecule has 3 rings (SSSR count). The van der Waals surface area contributed by atoms with Gasteiger partial charge in [-0.1, -0.05) is 0 Å². The van der Waals surface area contributed by atoms with Crippen molar-refractivity contribution in [3.8, 4) is 5.69 Å². The number of nitrogens with one attached hydrogen (secondary N) is 1. The summed E-state index contributed by atoms with van der Waals surface area (Å²) in [4.78, 5) is 23.4. The first kappa shape index (κ1) is 14.2. The Morgan fingerprint density at radius 2 is 1.91 bits per heavy atom. The van der Waals surface area contributed by atoms with Crippen molar-refractivity contribution < 1.29 is 19.1 Å². The third-order valence-corrected chi connectivity index (χ3v) is 3.88. The van der Waals surface area contributed by atoms with Crippen LogP contribution in [0.3, 0.4) is 0 Å². The van der Waals surface area contributed by atoms with Crippen molar-refractivity contribution in [3.05, 3.63) is 48.0 Å². The number of aliphatic carboxylic acids is 1. The lowest BCUT2D eigenvalue weighted by atomic mass is 9.76. The van der Waals surface area contributed by atoms with E-state index in [0.717, 1.165) is 6.42 Å². The molecule has 1 amide bonds. The molecular formula is C15H14FN3O3. The van der Waals surface area contributed by atoms with E-state index in [0.29, 0.717) is 18.5 Å². The number of hydrogen-bond donors (Lipinski definition) is 2. The Bertz CT molecular complexity index is 720. The van der Waals surface area contributed by atoms with E-state index in [1.807, 2.05) is 0 Å². The van der Waals surface area contributed by atoms with Gasteiger partial charge in [0, 0.05) is 6.20 Å². The molecule has 0 unspecified atom stereocenters. The maximum Gasteiger partial charge on any atom is 0.329 e. The number of carboxylic acids is 1. The normalized spacial score (nSPS) is 15.9. The summed E-state index contributed by atoms with van der Waals surface area (Å²) in [5.74, 6) is -1.91. The number of rotatable bonds is 4. The number of halogens is 1. The van der Waals surface area contributed by atoms with Gasteiger partial charge in [0.05, 0.1) is 5.69 Å². The van der Waals surface area contributed by atoms with Crippen LogP contribution in [0.5, 0.6) is 0 Å². The Kier molecular flexibility index (Phi) is 3.40. The monoisotopic (exact) mass is 303 g/mol. The molecule has 0 aliphatic heterocycles. The Balaban J connectivity index is 1.77. The molecule has 114 valence electrons. The maximum absolute atomic E-state index is 12.9. The molecule has 2 aromatic rings. The lowest BCUT2D eigenvalue weighted by Gasteiger charge is -2.37. The first-order chi connectivity index (χ1) is 10.5.